The van der Waals surface area contributed by atoms with Gasteiger partial charge in [0.2, 0.25) is 5.95 Å². The van der Waals surface area contributed by atoms with E-state index in [4.69, 9.17) is 0 Å². The van der Waals surface area contributed by atoms with Gasteiger partial charge in [-0.15, -0.1) is 0 Å². The molecule has 3 aromatic rings. The van der Waals surface area contributed by atoms with Crippen molar-refractivity contribution in [3.05, 3.63) is 65.5 Å². The summed E-state index contributed by atoms with van der Waals surface area (Å²) in [6.45, 7) is 3.55. The molecule has 0 bridgehead atoms. The van der Waals surface area contributed by atoms with Crippen molar-refractivity contribution in [3.8, 4) is 0 Å². The highest BCUT2D eigenvalue weighted by atomic mass is 16.2. The molecule has 26 heavy (non-hydrogen) atoms. The van der Waals surface area contributed by atoms with E-state index >= 15 is 0 Å². The van der Waals surface area contributed by atoms with E-state index in [1.165, 1.54) is 17.0 Å². The van der Waals surface area contributed by atoms with Crippen LogP contribution in [0.1, 0.15) is 44.9 Å². The molecule has 0 aliphatic carbocycles. The molecule has 3 heterocycles. The summed E-state index contributed by atoms with van der Waals surface area (Å²) in [5.41, 5.74) is 1.73. The van der Waals surface area contributed by atoms with Crippen molar-refractivity contribution in [2.45, 2.75) is 19.9 Å². The third kappa shape index (κ3) is 2.36. The highest BCUT2D eigenvalue weighted by Crippen LogP contribution is 2.26. The number of imide groups is 1. The molecular weight excluding hydrogens is 332 g/mol. The van der Waals surface area contributed by atoms with Gasteiger partial charge in [0.1, 0.15) is 0 Å². The van der Waals surface area contributed by atoms with E-state index in [9.17, 15) is 14.4 Å². The van der Waals surface area contributed by atoms with Crippen molar-refractivity contribution >= 4 is 29.2 Å². The molecule has 2 aromatic heterocycles. The average molecular weight is 348 g/mol. The summed E-state index contributed by atoms with van der Waals surface area (Å²) in [5.74, 6) is -0.711. The van der Waals surface area contributed by atoms with E-state index in [0.29, 0.717) is 17.1 Å². The molecule has 7 nitrogen and oxygen atoms in total. The lowest BCUT2D eigenvalue weighted by molar-refractivity contribution is 0.0609. The van der Waals surface area contributed by atoms with Crippen LogP contribution in [0, 0.1) is 0 Å². The molecule has 3 amide bonds. The molecule has 1 aliphatic heterocycles. The highest BCUT2D eigenvalue weighted by Gasteiger charge is 2.37. The summed E-state index contributed by atoms with van der Waals surface area (Å²) in [5, 5.41) is 2.74. The molecule has 4 rings (SSSR count). The zero-order valence-corrected chi connectivity index (χ0v) is 14.3. The molecule has 0 radical (unpaired) electrons. The van der Waals surface area contributed by atoms with Crippen LogP contribution < -0.4 is 5.32 Å². The Hall–Kier alpha value is -3.48. The van der Waals surface area contributed by atoms with Crippen molar-refractivity contribution in [2.75, 3.05) is 5.32 Å². The van der Waals surface area contributed by atoms with Crippen LogP contribution in [-0.4, -0.2) is 38.0 Å². The second-order valence-corrected chi connectivity index (χ2v) is 6.37. The van der Waals surface area contributed by atoms with Crippen LogP contribution in [0.2, 0.25) is 0 Å². The summed E-state index contributed by atoms with van der Waals surface area (Å²) < 4.78 is 1.75. The maximum Gasteiger partial charge on any atom is 0.261 e. The van der Waals surface area contributed by atoms with Gasteiger partial charge in [0.15, 0.2) is 0 Å². The first kappa shape index (κ1) is 16.0. The molecule has 1 aromatic carbocycles. The van der Waals surface area contributed by atoms with E-state index in [1.54, 1.807) is 36.7 Å². The molecule has 0 saturated carbocycles. The number of aromatic nitrogens is 2. The zero-order chi connectivity index (χ0) is 18.4. The molecule has 7 heteroatoms. The van der Waals surface area contributed by atoms with Crippen LogP contribution in [0.3, 0.4) is 0 Å². The number of pyridine rings is 1. The minimum absolute atomic E-state index is 0.240. The number of rotatable bonds is 3. The summed E-state index contributed by atoms with van der Waals surface area (Å²) >= 11 is 0. The second kappa shape index (κ2) is 5.80. The summed E-state index contributed by atoms with van der Waals surface area (Å²) in [4.78, 5) is 42.8. The fraction of sp³-hybridized carbons (Fsp3) is 0.158. The predicted molar refractivity (Wildman–Crippen MR) is 95.2 cm³/mol. The minimum Gasteiger partial charge on any atom is -0.292 e. The van der Waals surface area contributed by atoms with Gasteiger partial charge in [0, 0.05) is 17.8 Å². The Balaban J connectivity index is 1.65. The lowest BCUT2D eigenvalue weighted by Crippen LogP contribution is -2.35. The standard InChI is InChI=1S/C19H16N4O3/c1-11(2)23-17(25)14-7-6-12(9-15(14)18(23)26)16(24)21-19-20-10-13-5-3-4-8-22(13)19/h3-11H,1-2H3,(H,20,21,24). The number of benzene rings is 1. The number of carbonyl (C=O) groups is 3. The van der Waals surface area contributed by atoms with E-state index in [1.807, 2.05) is 18.2 Å². The third-order valence-electron chi connectivity index (χ3n) is 4.36. The van der Waals surface area contributed by atoms with Gasteiger partial charge >= 0.3 is 0 Å². The monoisotopic (exact) mass is 348 g/mol. The summed E-state index contributed by atoms with van der Waals surface area (Å²) in [7, 11) is 0. The van der Waals surface area contributed by atoms with Crippen LogP contribution >= 0.6 is 0 Å². The van der Waals surface area contributed by atoms with Gasteiger partial charge < -0.3 is 0 Å². The van der Waals surface area contributed by atoms with E-state index < -0.39 is 5.91 Å². The van der Waals surface area contributed by atoms with Crippen LogP contribution in [0.25, 0.3) is 5.52 Å². The third-order valence-corrected chi connectivity index (χ3v) is 4.36. The quantitative estimate of drug-likeness (QED) is 0.738. The molecule has 0 fully saturated rings. The first-order valence-electron chi connectivity index (χ1n) is 8.23. The Kier molecular flexibility index (Phi) is 3.57. The van der Waals surface area contributed by atoms with Crippen LogP contribution in [0.5, 0.6) is 0 Å². The zero-order valence-electron chi connectivity index (χ0n) is 14.3. The van der Waals surface area contributed by atoms with Crippen molar-refractivity contribution in [2.24, 2.45) is 0 Å². The fourth-order valence-corrected chi connectivity index (χ4v) is 3.08. The Bertz CT molecular complexity index is 1070. The van der Waals surface area contributed by atoms with Gasteiger partial charge in [-0.1, -0.05) is 6.07 Å². The minimum atomic E-state index is -0.396. The maximum absolute atomic E-state index is 12.6. The number of nitrogens with one attached hydrogen (secondary N) is 1. The van der Waals surface area contributed by atoms with Gasteiger partial charge in [-0.2, -0.15) is 0 Å². The topological polar surface area (TPSA) is 83.8 Å². The first-order valence-corrected chi connectivity index (χ1v) is 8.23. The van der Waals surface area contributed by atoms with E-state index in [0.717, 1.165) is 5.52 Å². The van der Waals surface area contributed by atoms with Crippen molar-refractivity contribution in [1.29, 1.82) is 0 Å². The fourth-order valence-electron chi connectivity index (χ4n) is 3.08. The van der Waals surface area contributed by atoms with Crippen LogP contribution in [0.15, 0.2) is 48.8 Å². The number of hydrogen-bond acceptors (Lipinski definition) is 4. The van der Waals surface area contributed by atoms with Crippen LogP contribution in [-0.2, 0) is 0 Å². The predicted octanol–water partition coefficient (Wildman–Crippen LogP) is 2.59. The van der Waals surface area contributed by atoms with Gasteiger partial charge in [-0.25, -0.2) is 4.98 Å². The molecule has 0 saturated heterocycles. The van der Waals surface area contributed by atoms with Gasteiger partial charge in [-0.05, 0) is 44.2 Å². The number of imidazole rings is 1. The summed E-state index contributed by atoms with van der Waals surface area (Å²) in [6, 6.07) is 9.88. The molecule has 1 N–H and O–H groups in total. The van der Waals surface area contributed by atoms with E-state index in [2.05, 4.69) is 10.3 Å². The Morgan fingerprint density at radius 2 is 1.85 bits per heavy atom. The molecular formula is C19H16N4O3. The Labute approximate surface area is 149 Å². The average Bonchev–Trinajstić information content (AvgIpc) is 3.14. The second-order valence-electron chi connectivity index (χ2n) is 6.37. The van der Waals surface area contributed by atoms with Gasteiger partial charge in [-0.3, -0.25) is 29.0 Å². The molecule has 0 spiro atoms. The first-order chi connectivity index (χ1) is 12.5. The largest absolute Gasteiger partial charge is 0.292 e. The van der Waals surface area contributed by atoms with Crippen LogP contribution in [0.4, 0.5) is 5.95 Å². The molecule has 1 aliphatic rings. The highest BCUT2D eigenvalue weighted by molar-refractivity contribution is 6.22. The van der Waals surface area contributed by atoms with E-state index in [-0.39, 0.29) is 23.4 Å². The number of amides is 3. The number of hydrogen-bond donors (Lipinski definition) is 1. The lowest BCUT2D eigenvalue weighted by atomic mass is 10.1. The Morgan fingerprint density at radius 1 is 1.08 bits per heavy atom. The molecule has 0 atom stereocenters. The normalized spacial score (nSPS) is 13.6. The lowest BCUT2D eigenvalue weighted by Gasteiger charge is -2.17. The molecule has 0 unspecified atom stereocenters. The van der Waals surface area contributed by atoms with Crippen molar-refractivity contribution in [3.63, 3.8) is 0 Å². The maximum atomic E-state index is 12.6. The molecule has 130 valence electrons. The number of nitrogens with zero attached hydrogens (tertiary/aromatic N) is 3. The Morgan fingerprint density at radius 3 is 2.62 bits per heavy atom. The van der Waals surface area contributed by atoms with Gasteiger partial charge in [0.05, 0.1) is 22.8 Å². The van der Waals surface area contributed by atoms with Crippen molar-refractivity contribution in [1.82, 2.24) is 14.3 Å². The smallest absolute Gasteiger partial charge is 0.261 e. The van der Waals surface area contributed by atoms with Gasteiger partial charge in [0.25, 0.3) is 17.7 Å². The van der Waals surface area contributed by atoms with Crippen molar-refractivity contribution < 1.29 is 14.4 Å². The number of carbonyl (C=O) groups excluding carboxylic acids is 3. The number of anilines is 1. The number of fused-ring (bicyclic) bond motifs is 2. The summed E-state index contributed by atoms with van der Waals surface area (Å²) in [6.07, 6.45) is 3.45. The SMILES string of the molecule is CC(C)N1C(=O)c2ccc(C(=O)Nc3ncc4ccccn34)cc2C1=O.